The van der Waals surface area contributed by atoms with Crippen LogP contribution in [-0.4, -0.2) is 52.0 Å². The Bertz CT molecular complexity index is 631. The van der Waals surface area contributed by atoms with E-state index in [0.717, 1.165) is 0 Å². The Kier molecular flexibility index (Phi) is 3.90. The van der Waals surface area contributed by atoms with Crippen molar-refractivity contribution in [3.63, 3.8) is 0 Å². The summed E-state index contributed by atoms with van der Waals surface area (Å²) in [5, 5.41) is 3.01. The van der Waals surface area contributed by atoms with Crippen molar-refractivity contribution in [1.82, 2.24) is 9.62 Å². The highest BCUT2D eigenvalue weighted by Crippen LogP contribution is 2.30. The Balaban J connectivity index is 2.53. The van der Waals surface area contributed by atoms with Gasteiger partial charge in [0.1, 0.15) is 22.0 Å². The molecule has 112 valence electrons. The van der Waals surface area contributed by atoms with E-state index in [1.807, 2.05) is 0 Å². The lowest BCUT2D eigenvalue weighted by Crippen LogP contribution is -2.57. The molecule has 7 nitrogen and oxygen atoms in total. The Morgan fingerprint density at radius 3 is 2.40 bits per heavy atom. The monoisotopic (exact) mass is 302 g/mol. The van der Waals surface area contributed by atoms with Crippen LogP contribution in [0, 0.1) is 13.8 Å². The molecular formula is C12H18N2O5S. The van der Waals surface area contributed by atoms with Gasteiger partial charge in [-0.2, -0.15) is 4.31 Å². The molecule has 1 aliphatic heterocycles. The molecule has 2 rings (SSSR count). The number of nitrogens with zero attached hydrogens (tertiary/aromatic N) is 1. The van der Waals surface area contributed by atoms with Gasteiger partial charge in [0.2, 0.25) is 10.0 Å². The lowest BCUT2D eigenvalue weighted by molar-refractivity contribution is 0.0594. The van der Waals surface area contributed by atoms with E-state index < -0.39 is 16.0 Å². The van der Waals surface area contributed by atoms with Crippen LogP contribution in [0.5, 0.6) is 0 Å². The number of carbonyl (C=O) groups excluding carboxylic acids is 1. The summed E-state index contributed by atoms with van der Waals surface area (Å²) in [7, 11) is -1.08. The van der Waals surface area contributed by atoms with Gasteiger partial charge in [-0.1, -0.05) is 0 Å². The number of hydrogen-bond acceptors (Lipinski definition) is 6. The van der Waals surface area contributed by atoms with E-state index >= 15 is 0 Å². The van der Waals surface area contributed by atoms with Gasteiger partial charge < -0.3 is 14.5 Å². The average molecular weight is 302 g/mol. The maximum absolute atomic E-state index is 12.7. The van der Waals surface area contributed by atoms with E-state index in [1.54, 1.807) is 6.92 Å². The first-order chi connectivity index (χ1) is 9.30. The van der Waals surface area contributed by atoms with Gasteiger partial charge in [0, 0.05) is 26.2 Å². The Labute approximate surface area is 117 Å². The first-order valence-electron chi connectivity index (χ1n) is 6.17. The standard InChI is InChI=1S/C12H18N2O5S/c1-7-10(12(15)18-4)11(8(2)19-7)20(16,17)14(3)9-5-13-6-9/h9,13H,5-6H2,1-4H3. The predicted octanol–water partition coefficient (Wildman–Crippen LogP) is 0.275. The number of sulfonamides is 1. The molecular weight excluding hydrogens is 284 g/mol. The van der Waals surface area contributed by atoms with Crippen LogP contribution in [0.3, 0.4) is 0 Å². The minimum Gasteiger partial charge on any atom is -0.465 e. The number of likely N-dealkylation sites (N-methyl/N-ethyl adjacent to an activating group) is 1. The second-order valence-electron chi connectivity index (χ2n) is 4.74. The van der Waals surface area contributed by atoms with Crippen molar-refractivity contribution >= 4 is 16.0 Å². The van der Waals surface area contributed by atoms with Gasteiger partial charge >= 0.3 is 5.97 Å². The van der Waals surface area contributed by atoms with Crippen LogP contribution in [-0.2, 0) is 14.8 Å². The van der Waals surface area contributed by atoms with Crippen molar-refractivity contribution in [2.75, 3.05) is 27.2 Å². The topological polar surface area (TPSA) is 88.8 Å². The maximum atomic E-state index is 12.7. The molecule has 0 aromatic carbocycles. The molecule has 0 atom stereocenters. The summed E-state index contributed by atoms with van der Waals surface area (Å²) in [6, 6.07) is -0.111. The summed E-state index contributed by atoms with van der Waals surface area (Å²) in [5.74, 6) is -0.270. The first-order valence-corrected chi connectivity index (χ1v) is 7.61. The molecule has 0 radical (unpaired) electrons. The van der Waals surface area contributed by atoms with Crippen molar-refractivity contribution in [3.05, 3.63) is 17.1 Å². The molecule has 0 aliphatic carbocycles. The number of nitrogens with one attached hydrogen (secondary N) is 1. The van der Waals surface area contributed by atoms with Crippen molar-refractivity contribution in [2.24, 2.45) is 0 Å². The summed E-state index contributed by atoms with van der Waals surface area (Å²) in [5.41, 5.74) is -0.0240. The second kappa shape index (κ2) is 5.19. The van der Waals surface area contributed by atoms with Crippen LogP contribution < -0.4 is 5.32 Å². The average Bonchev–Trinajstić information content (AvgIpc) is 2.61. The fraction of sp³-hybridized carbons (Fsp3) is 0.583. The summed E-state index contributed by atoms with van der Waals surface area (Å²) >= 11 is 0. The van der Waals surface area contributed by atoms with Crippen molar-refractivity contribution in [3.8, 4) is 0 Å². The smallest absolute Gasteiger partial charge is 0.342 e. The van der Waals surface area contributed by atoms with Gasteiger partial charge in [0.05, 0.1) is 7.11 Å². The number of aryl methyl sites for hydroxylation is 2. The molecule has 1 saturated heterocycles. The summed E-state index contributed by atoms with van der Waals surface area (Å²) in [6.45, 7) is 4.26. The number of ether oxygens (including phenoxy) is 1. The molecule has 1 N–H and O–H groups in total. The molecule has 0 saturated carbocycles. The number of methoxy groups -OCH3 is 1. The quantitative estimate of drug-likeness (QED) is 0.803. The zero-order valence-electron chi connectivity index (χ0n) is 11.9. The molecule has 1 aromatic heterocycles. The minimum atomic E-state index is -3.80. The Morgan fingerprint density at radius 1 is 1.35 bits per heavy atom. The van der Waals surface area contributed by atoms with E-state index in [0.29, 0.717) is 13.1 Å². The van der Waals surface area contributed by atoms with Gasteiger partial charge in [-0.25, -0.2) is 13.2 Å². The summed E-state index contributed by atoms with van der Waals surface area (Å²) < 4.78 is 36.6. The third-order valence-electron chi connectivity index (χ3n) is 3.51. The Morgan fingerprint density at radius 2 is 1.95 bits per heavy atom. The number of carbonyl (C=O) groups is 1. The zero-order valence-corrected chi connectivity index (χ0v) is 12.7. The van der Waals surface area contributed by atoms with Crippen molar-refractivity contribution in [1.29, 1.82) is 0 Å². The highest BCUT2D eigenvalue weighted by Gasteiger charge is 2.38. The minimum absolute atomic E-state index is 0.0240. The van der Waals surface area contributed by atoms with Crippen LogP contribution in [0.2, 0.25) is 0 Å². The maximum Gasteiger partial charge on any atom is 0.342 e. The van der Waals surface area contributed by atoms with Crippen LogP contribution in [0.4, 0.5) is 0 Å². The van der Waals surface area contributed by atoms with E-state index in [4.69, 9.17) is 4.42 Å². The fourth-order valence-electron chi connectivity index (χ4n) is 2.18. The van der Waals surface area contributed by atoms with Gasteiger partial charge in [0.25, 0.3) is 0 Å². The van der Waals surface area contributed by atoms with Gasteiger partial charge in [0.15, 0.2) is 0 Å². The van der Waals surface area contributed by atoms with Gasteiger partial charge in [-0.05, 0) is 13.8 Å². The van der Waals surface area contributed by atoms with Gasteiger partial charge in [-0.15, -0.1) is 0 Å². The van der Waals surface area contributed by atoms with Crippen molar-refractivity contribution in [2.45, 2.75) is 24.8 Å². The molecule has 1 fully saturated rings. The molecule has 8 heteroatoms. The zero-order chi connectivity index (χ0) is 15.1. The molecule has 1 aromatic rings. The second-order valence-corrected chi connectivity index (χ2v) is 6.68. The molecule has 0 unspecified atom stereocenters. The predicted molar refractivity (Wildman–Crippen MR) is 71.1 cm³/mol. The molecule has 20 heavy (non-hydrogen) atoms. The lowest BCUT2D eigenvalue weighted by atomic mass is 10.2. The largest absolute Gasteiger partial charge is 0.465 e. The molecule has 2 heterocycles. The van der Waals surface area contributed by atoms with Crippen LogP contribution in [0.15, 0.2) is 9.31 Å². The first kappa shape index (κ1) is 15.0. The van der Waals surface area contributed by atoms with Gasteiger partial charge in [-0.3, -0.25) is 0 Å². The van der Waals surface area contributed by atoms with E-state index in [2.05, 4.69) is 10.1 Å². The van der Waals surface area contributed by atoms with Crippen LogP contribution in [0.1, 0.15) is 21.9 Å². The van der Waals surface area contributed by atoms with Crippen LogP contribution >= 0.6 is 0 Å². The molecule has 0 amide bonds. The molecule has 0 spiro atoms. The van der Waals surface area contributed by atoms with Crippen LogP contribution in [0.25, 0.3) is 0 Å². The number of hydrogen-bond donors (Lipinski definition) is 1. The lowest BCUT2D eigenvalue weighted by Gasteiger charge is -2.34. The van der Waals surface area contributed by atoms with E-state index in [9.17, 15) is 13.2 Å². The molecule has 1 aliphatic rings. The molecule has 0 bridgehead atoms. The summed E-state index contributed by atoms with van der Waals surface area (Å²) in [4.78, 5) is 11.7. The number of esters is 1. The Hall–Kier alpha value is -1.38. The normalized spacial score (nSPS) is 16.2. The summed E-state index contributed by atoms with van der Waals surface area (Å²) in [6.07, 6.45) is 0. The SMILES string of the molecule is COC(=O)c1c(C)oc(C)c1S(=O)(=O)N(C)C1CNC1. The fourth-order valence-corrected chi connectivity index (χ4v) is 3.90. The van der Waals surface area contributed by atoms with E-state index in [1.165, 1.54) is 25.4 Å². The highest BCUT2D eigenvalue weighted by molar-refractivity contribution is 7.89. The van der Waals surface area contributed by atoms with Crippen molar-refractivity contribution < 1.29 is 22.4 Å². The highest BCUT2D eigenvalue weighted by atomic mass is 32.2. The third kappa shape index (κ3) is 2.23. The van der Waals surface area contributed by atoms with E-state index in [-0.39, 0.29) is 28.0 Å². The number of furan rings is 1. The third-order valence-corrected chi connectivity index (χ3v) is 5.57. The number of rotatable bonds is 4.